The van der Waals surface area contributed by atoms with Crippen molar-refractivity contribution < 1.29 is 19.1 Å². The first-order valence-corrected chi connectivity index (χ1v) is 7.77. The summed E-state index contributed by atoms with van der Waals surface area (Å²) in [6.45, 7) is 1.68. The summed E-state index contributed by atoms with van der Waals surface area (Å²) in [6.07, 6.45) is 0. The highest BCUT2D eigenvalue weighted by molar-refractivity contribution is 9.10. The van der Waals surface area contributed by atoms with Crippen LogP contribution in [0.15, 0.2) is 22.7 Å². The molecule has 0 saturated heterocycles. The molecule has 2 rings (SSSR count). The molecular weight excluding hydrogens is 372 g/mol. The van der Waals surface area contributed by atoms with Gasteiger partial charge in [-0.3, -0.25) is 10.1 Å². The molecule has 6 nitrogen and oxygen atoms in total. The zero-order valence-electron chi connectivity index (χ0n) is 12.1. The number of aryl methyl sites for hydroxylation is 1. The molecule has 0 atom stereocenters. The molecule has 1 aromatic heterocycles. The van der Waals surface area contributed by atoms with Gasteiger partial charge in [0.05, 0.1) is 25.5 Å². The van der Waals surface area contributed by atoms with Crippen molar-refractivity contribution in [3.05, 3.63) is 38.8 Å². The van der Waals surface area contributed by atoms with Crippen LogP contribution < -0.4 is 10.1 Å². The van der Waals surface area contributed by atoms with Crippen LogP contribution in [-0.2, 0) is 4.74 Å². The topological polar surface area (TPSA) is 77.5 Å². The molecule has 1 amide bonds. The van der Waals surface area contributed by atoms with Gasteiger partial charge in [0.25, 0.3) is 5.91 Å². The molecule has 0 spiro atoms. The van der Waals surface area contributed by atoms with Gasteiger partial charge in [-0.25, -0.2) is 9.78 Å². The number of nitrogens with zero attached hydrogens (tertiary/aromatic N) is 1. The number of rotatable bonds is 4. The van der Waals surface area contributed by atoms with Crippen molar-refractivity contribution in [2.24, 2.45) is 0 Å². The van der Waals surface area contributed by atoms with E-state index in [0.717, 1.165) is 11.3 Å². The third kappa shape index (κ3) is 3.45. The fraction of sp³-hybridized carbons (Fsp3) is 0.214. The molecule has 22 heavy (non-hydrogen) atoms. The van der Waals surface area contributed by atoms with E-state index in [0.29, 0.717) is 31.5 Å². The smallest absolute Gasteiger partial charge is 0.350 e. The zero-order chi connectivity index (χ0) is 16.3. The van der Waals surface area contributed by atoms with Crippen LogP contribution in [0, 0.1) is 6.92 Å². The van der Waals surface area contributed by atoms with E-state index in [1.165, 1.54) is 14.2 Å². The Labute approximate surface area is 139 Å². The molecule has 0 unspecified atom stereocenters. The highest BCUT2D eigenvalue weighted by Gasteiger charge is 2.18. The summed E-state index contributed by atoms with van der Waals surface area (Å²) in [7, 11) is 2.82. The van der Waals surface area contributed by atoms with Crippen LogP contribution in [0.1, 0.15) is 25.7 Å². The first-order valence-electron chi connectivity index (χ1n) is 6.17. The van der Waals surface area contributed by atoms with Crippen molar-refractivity contribution >= 4 is 44.3 Å². The number of esters is 1. The molecule has 1 heterocycles. The molecule has 8 heteroatoms. The first-order chi connectivity index (χ1) is 10.5. The molecule has 2 aromatic rings. The number of methoxy groups -OCH3 is 2. The average Bonchev–Trinajstić information content (AvgIpc) is 2.87. The van der Waals surface area contributed by atoms with Crippen molar-refractivity contribution in [3.63, 3.8) is 0 Å². The molecule has 0 saturated carbocycles. The Balaban J connectivity index is 2.24. The van der Waals surface area contributed by atoms with Crippen LogP contribution in [0.4, 0.5) is 5.13 Å². The lowest BCUT2D eigenvalue weighted by molar-refractivity contribution is 0.0605. The van der Waals surface area contributed by atoms with Crippen LogP contribution in [0.3, 0.4) is 0 Å². The third-order valence-electron chi connectivity index (χ3n) is 2.81. The number of benzene rings is 1. The monoisotopic (exact) mass is 384 g/mol. The van der Waals surface area contributed by atoms with Gasteiger partial charge in [-0.1, -0.05) is 11.3 Å². The van der Waals surface area contributed by atoms with Gasteiger partial charge in [-0.2, -0.15) is 0 Å². The molecule has 0 aliphatic rings. The molecule has 0 fully saturated rings. The number of thiazole rings is 1. The van der Waals surface area contributed by atoms with Crippen molar-refractivity contribution in [2.75, 3.05) is 19.5 Å². The number of nitrogens with one attached hydrogen (secondary N) is 1. The van der Waals surface area contributed by atoms with E-state index < -0.39 is 5.97 Å². The second kappa shape index (κ2) is 6.89. The number of hydrogen-bond acceptors (Lipinski definition) is 6. The Bertz CT molecular complexity index is 730. The maximum absolute atomic E-state index is 12.3. The van der Waals surface area contributed by atoms with Crippen molar-refractivity contribution in [1.82, 2.24) is 4.98 Å². The third-order valence-corrected chi connectivity index (χ3v) is 4.55. The van der Waals surface area contributed by atoms with Crippen molar-refractivity contribution in [2.45, 2.75) is 6.92 Å². The van der Waals surface area contributed by atoms with Crippen molar-refractivity contribution in [1.29, 1.82) is 0 Å². The minimum Gasteiger partial charge on any atom is -0.497 e. The first kappa shape index (κ1) is 16.4. The number of carbonyl (C=O) groups excluding carboxylic acids is 2. The van der Waals surface area contributed by atoms with E-state index in [1.807, 2.05) is 0 Å². The summed E-state index contributed by atoms with van der Waals surface area (Å²) in [4.78, 5) is 28.4. The van der Waals surface area contributed by atoms with Gasteiger partial charge in [-0.05, 0) is 41.1 Å². The lowest BCUT2D eigenvalue weighted by atomic mass is 10.2. The van der Waals surface area contributed by atoms with Gasteiger partial charge < -0.3 is 9.47 Å². The Hall–Kier alpha value is -1.93. The maximum atomic E-state index is 12.3. The molecule has 116 valence electrons. The van der Waals surface area contributed by atoms with E-state index in [-0.39, 0.29) is 5.91 Å². The number of anilines is 1. The fourth-order valence-corrected chi connectivity index (χ4v) is 3.01. The van der Waals surface area contributed by atoms with Gasteiger partial charge in [0.2, 0.25) is 0 Å². The highest BCUT2D eigenvalue weighted by Crippen LogP contribution is 2.26. The molecule has 1 aromatic carbocycles. The minimum absolute atomic E-state index is 0.331. The zero-order valence-corrected chi connectivity index (χ0v) is 14.5. The standard InChI is InChI=1S/C14H13BrN2O4S/c1-7-11(13(19)21-3)22-14(16-7)17-12(18)9-6-8(20-2)4-5-10(9)15/h4-6H,1-3H3,(H,16,17,18). The Morgan fingerprint density at radius 1 is 1.32 bits per heavy atom. The number of aromatic nitrogens is 1. The van der Waals surface area contributed by atoms with Gasteiger partial charge >= 0.3 is 5.97 Å². The van der Waals surface area contributed by atoms with Crippen LogP contribution >= 0.6 is 27.3 Å². The minimum atomic E-state index is -0.474. The van der Waals surface area contributed by atoms with Crippen LogP contribution in [0.5, 0.6) is 5.75 Å². The van der Waals surface area contributed by atoms with Crippen LogP contribution in [0.25, 0.3) is 0 Å². The SMILES string of the molecule is COC(=O)c1sc(NC(=O)c2cc(OC)ccc2Br)nc1C. The number of halogens is 1. The molecule has 0 aliphatic carbocycles. The van der Waals surface area contributed by atoms with Crippen LogP contribution in [-0.4, -0.2) is 31.1 Å². The van der Waals surface area contributed by atoms with E-state index >= 15 is 0 Å². The quantitative estimate of drug-likeness (QED) is 0.818. The normalized spacial score (nSPS) is 10.2. The molecule has 0 bridgehead atoms. The van der Waals surface area contributed by atoms with E-state index in [1.54, 1.807) is 25.1 Å². The number of amides is 1. The summed E-state index contributed by atoms with van der Waals surface area (Å²) in [5.74, 6) is -0.257. The summed E-state index contributed by atoms with van der Waals surface area (Å²) >= 11 is 4.39. The van der Waals surface area contributed by atoms with Crippen molar-refractivity contribution in [3.8, 4) is 5.75 Å². The molecule has 0 aliphatic heterocycles. The Kier molecular flexibility index (Phi) is 5.15. The van der Waals surface area contributed by atoms with Gasteiger partial charge in [0, 0.05) is 4.47 Å². The largest absolute Gasteiger partial charge is 0.497 e. The Morgan fingerprint density at radius 3 is 2.68 bits per heavy atom. The number of hydrogen-bond donors (Lipinski definition) is 1. The average molecular weight is 385 g/mol. The summed E-state index contributed by atoms with van der Waals surface area (Å²) in [5.41, 5.74) is 0.920. The second-order valence-corrected chi connectivity index (χ2v) is 6.08. The molecule has 0 radical (unpaired) electrons. The highest BCUT2D eigenvalue weighted by atomic mass is 79.9. The van der Waals surface area contributed by atoms with Gasteiger partial charge in [0.1, 0.15) is 10.6 Å². The maximum Gasteiger partial charge on any atom is 0.350 e. The lowest BCUT2D eigenvalue weighted by Crippen LogP contribution is -2.12. The number of ether oxygens (including phenoxy) is 2. The summed E-state index contributed by atoms with van der Waals surface area (Å²) < 4.78 is 10.4. The van der Waals surface area contributed by atoms with E-state index in [9.17, 15) is 9.59 Å². The van der Waals surface area contributed by atoms with E-state index in [4.69, 9.17) is 4.74 Å². The lowest BCUT2D eigenvalue weighted by Gasteiger charge is -2.06. The molecule has 1 N–H and O–H groups in total. The molecular formula is C14H13BrN2O4S. The van der Waals surface area contributed by atoms with Gasteiger partial charge in [0.15, 0.2) is 5.13 Å². The fourth-order valence-electron chi connectivity index (χ4n) is 1.70. The second-order valence-electron chi connectivity index (χ2n) is 4.23. The predicted octanol–water partition coefficient (Wildman–Crippen LogP) is 3.26. The number of carbonyl (C=O) groups is 2. The summed E-state index contributed by atoms with van der Waals surface area (Å²) in [6, 6.07) is 5.07. The Morgan fingerprint density at radius 2 is 2.05 bits per heavy atom. The van der Waals surface area contributed by atoms with Gasteiger partial charge in [-0.15, -0.1) is 0 Å². The van der Waals surface area contributed by atoms with E-state index in [2.05, 4.69) is 31.0 Å². The van der Waals surface area contributed by atoms with Crippen LogP contribution in [0.2, 0.25) is 0 Å². The predicted molar refractivity (Wildman–Crippen MR) is 86.8 cm³/mol. The summed E-state index contributed by atoms with van der Waals surface area (Å²) in [5, 5.41) is 3.00.